The molecule has 0 bridgehead atoms. The number of hydrogen-bond acceptors (Lipinski definition) is 7. The Balaban J connectivity index is 1.69. The normalized spacial score (nSPS) is 13.1. The molecule has 12 heteroatoms. The molecule has 11 nitrogen and oxygen atoms in total. The zero-order chi connectivity index (χ0) is 27.0. The van der Waals surface area contributed by atoms with Gasteiger partial charge in [0.1, 0.15) is 17.4 Å². The number of benzene rings is 1. The Morgan fingerprint density at radius 1 is 1.11 bits per heavy atom. The third-order valence-electron chi connectivity index (χ3n) is 5.64. The summed E-state index contributed by atoms with van der Waals surface area (Å²) < 4.78 is 33.9. The molecule has 0 radical (unpaired) electrons. The highest BCUT2D eigenvalue weighted by Crippen LogP contribution is 2.13. The highest BCUT2D eigenvalue weighted by Gasteiger charge is 2.25. The van der Waals surface area contributed by atoms with Crippen molar-refractivity contribution >= 4 is 27.4 Å². The highest BCUT2D eigenvalue weighted by molar-refractivity contribution is 7.88. The molecule has 2 unspecified atom stereocenters. The number of aliphatic carboxylic acids is 1. The molecule has 0 aliphatic rings. The second-order valence-electron chi connectivity index (χ2n) is 8.48. The molecule has 0 fully saturated rings. The zero-order valence-corrected chi connectivity index (χ0v) is 21.1. The van der Waals surface area contributed by atoms with Crippen LogP contribution >= 0.6 is 0 Å². The molecule has 0 saturated heterocycles. The van der Waals surface area contributed by atoms with Gasteiger partial charge in [0.25, 0.3) is 11.5 Å². The summed E-state index contributed by atoms with van der Waals surface area (Å²) in [7, 11) is -4.02. The topological polar surface area (TPSA) is 169 Å². The Labute approximate surface area is 214 Å². The number of carboxylic acid groups (broad SMARTS) is 1. The second kappa shape index (κ2) is 12.5. The molecule has 37 heavy (non-hydrogen) atoms. The van der Waals surface area contributed by atoms with Gasteiger partial charge in [0.15, 0.2) is 0 Å². The number of nitrogens with zero attached hydrogens (tertiary/aromatic N) is 1. The molecule has 0 saturated carbocycles. The van der Waals surface area contributed by atoms with Crippen molar-refractivity contribution in [2.45, 2.75) is 37.6 Å². The van der Waals surface area contributed by atoms with Crippen LogP contribution in [0.5, 0.6) is 5.75 Å². The van der Waals surface area contributed by atoms with Crippen molar-refractivity contribution in [1.29, 1.82) is 0 Å². The number of aromatic nitrogens is 1. The molecule has 3 aromatic rings. The van der Waals surface area contributed by atoms with E-state index in [1.165, 1.54) is 16.7 Å². The number of nitrogens with one attached hydrogen (secondary N) is 2. The van der Waals surface area contributed by atoms with Crippen LogP contribution in [0.1, 0.15) is 35.7 Å². The molecule has 2 heterocycles. The first kappa shape index (κ1) is 27.8. The average Bonchev–Trinajstić information content (AvgIpc) is 2.86. The van der Waals surface area contributed by atoms with Crippen molar-refractivity contribution in [3.63, 3.8) is 0 Å². The highest BCUT2D eigenvalue weighted by atomic mass is 32.2. The molecule has 2 atom stereocenters. The van der Waals surface area contributed by atoms with Gasteiger partial charge in [-0.3, -0.25) is 18.8 Å². The van der Waals surface area contributed by atoms with E-state index in [2.05, 4.69) is 10.0 Å². The summed E-state index contributed by atoms with van der Waals surface area (Å²) in [5.74, 6) is -2.31. The van der Waals surface area contributed by atoms with Crippen molar-refractivity contribution < 1.29 is 27.9 Å². The van der Waals surface area contributed by atoms with Gasteiger partial charge in [-0.25, -0.2) is 8.42 Å². The predicted molar refractivity (Wildman–Crippen MR) is 138 cm³/mol. The summed E-state index contributed by atoms with van der Waals surface area (Å²) in [6.45, 7) is 1.78. The fourth-order valence-corrected chi connectivity index (χ4v) is 4.82. The van der Waals surface area contributed by atoms with Crippen LogP contribution in [-0.2, 0) is 20.6 Å². The molecular formula is C25H30N4O7S. The van der Waals surface area contributed by atoms with Crippen LogP contribution in [0.2, 0.25) is 0 Å². The van der Waals surface area contributed by atoms with Gasteiger partial charge in [-0.2, -0.15) is 4.72 Å². The smallest absolute Gasteiger partial charge is 0.323 e. The molecule has 0 aliphatic carbocycles. The van der Waals surface area contributed by atoms with E-state index in [4.69, 9.17) is 10.5 Å². The van der Waals surface area contributed by atoms with Gasteiger partial charge in [0, 0.05) is 18.1 Å². The van der Waals surface area contributed by atoms with E-state index in [9.17, 15) is 27.9 Å². The number of fused-ring (bicyclic) bond motifs is 1. The zero-order valence-electron chi connectivity index (χ0n) is 20.3. The van der Waals surface area contributed by atoms with E-state index >= 15 is 0 Å². The van der Waals surface area contributed by atoms with Crippen LogP contribution in [0, 0.1) is 0 Å². The van der Waals surface area contributed by atoms with Crippen molar-refractivity contribution in [2.24, 2.45) is 5.73 Å². The molecule has 3 rings (SSSR count). The summed E-state index contributed by atoms with van der Waals surface area (Å²) in [4.78, 5) is 37.3. The maximum Gasteiger partial charge on any atom is 0.323 e. The Morgan fingerprint density at radius 2 is 1.81 bits per heavy atom. The predicted octanol–water partition coefficient (Wildman–Crippen LogP) is 1.11. The van der Waals surface area contributed by atoms with Crippen LogP contribution in [0.15, 0.2) is 65.6 Å². The van der Waals surface area contributed by atoms with Crippen LogP contribution in [0.3, 0.4) is 0 Å². The van der Waals surface area contributed by atoms with Gasteiger partial charge in [0.05, 0.1) is 18.6 Å². The number of pyridine rings is 2. The van der Waals surface area contributed by atoms with E-state index in [-0.39, 0.29) is 11.6 Å². The van der Waals surface area contributed by atoms with Crippen molar-refractivity contribution in [3.8, 4) is 5.75 Å². The molecular weight excluding hydrogens is 500 g/mol. The molecule has 0 spiro atoms. The summed E-state index contributed by atoms with van der Waals surface area (Å²) in [5.41, 5.74) is 6.01. The number of nitrogens with two attached hydrogens (primary N) is 1. The van der Waals surface area contributed by atoms with Crippen LogP contribution in [0.4, 0.5) is 0 Å². The number of carbonyl (C=O) groups excluding carboxylic acids is 1. The summed E-state index contributed by atoms with van der Waals surface area (Å²) >= 11 is 0. The largest absolute Gasteiger partial charge is 0.492 e. The van der Waals surface area contributed by atoms with E-state index in [1.54, 1.807) is 48.5 Å². The Morgan fingerprint density at radius 3 is 2.49 bits per heavy atom. The van der Waals surface area contributed by atoms with Crippen LogP contribution in [0.25, 0.3) is 5.52 Å². The van der Waals surface area contributed by atoms with Gasteiger partial charge in [0.2, 0.25) is 10.0 Å². The fraction of sp³-hybridized carbons (Fsp3) is 0.320. The van der Waals surface area contributed by atoms with Gasteiger partial charge < -0.3 is 20.9 Å². The monoisotopic (exact) mass is 530 g/mol. The number of amides is 1. The quantitative estimate of drug-likeness (QED) is 0.255. The minimum atomic E-state index is -4.02. The molecule has 5 N–H and O–H groups in total. The van der Waals surface area contributed by atoms with Crippen molar-refractivity contribution in [1.82, 2.24) is 14.4 Å². The number of sulfonamides is 1. The SMILES string of the molecule is CCC(N)CCOc1ccc2ccc(C(=O)NCC(NS(=O)(=O)Cc3ccccc3)C(=O)O)c(=O)n2c1. The molecule has 2 aromatic heterocycles. The van der Waals surface area contributed by atoms with Crippen molar-refractivity contribution in [2.75, 3.05) is 13.2 Å². The average molecular weight is 531 g/mol. The number of carbonyl (C=O) groups is 2. The third-order valence-corrected chi connectivity index (χ3v) is 6.99. The van der Waals surface area contributed by atoms with Crippen LogP contribution < -0.4 is 26.1 Å². The maximum absolute atomic E-state index is 13.0. The first-order valence-corrected chi connectivity index (χ1v) is 13.3. The van der Waals surface area contributed by atoms with E-state index in [0.29, 0.717) is 29.9 Å². The lowest BCUT2D eigenvalue weighted by Gasteiger charge is -2.16. The summed E-state index contributed by atoms with van der Waals surface area (Å²) in [6, 6.07) is 12.9. The maximum atomic E-state index is 13.0. The first-order chi connectivity index (χ1) is 17.6. The molecule has 1 aromatic carbocycles. The van der Waals surface area contributed by atoms with Crippen LogP contribution in [-0.4, -0.2) is 55.0 Å². The first-order valence-electron chi connectivity index (χ1n) is 11.7. The minimum Gasteiger partial charge on any atom is -0.492 e. The Kier molecular flexibility index (Phi) is 9.39. The molecule has 0 aliphatic heterocycles. The van der Waals surface area contributed by atoms with Gasteiger partial charge >= 0.3 is 5.97 Å². The standard InChI is InChI=1S/C25H30N4O7S/c1-2-18(26)12-13-36-20-10-8-19-9-11-21(24(31)29(19)15-20)23(30)27-14-22(25(32)33)28-37(34,35)16-17-6-4-3-5-7-17/h3-11,15,18,22,28H,2,12-14,16,26H2,1H3,(H,27,30)(H,32,33). The van der Waals surface area contributed by atoms with E-state index in [0.717, 1.165) is 6.42 Å². The van der Waals surface area contributed by atoms with Gasteiger partial charge in [-0.05, 0) is 42.7 Å². The lowest BCUT2D eigenvalue weighted by atomic mass is 10.2. The minimum absolute atomic E-state index is 0.0101. The molecule has 1 amide bonds. The lowest BCUT2D eigenvalue weighted by Crippen LogP contribution is -2.49. The number of rotatable bonds is 13. The number of hydrogen-bond donors (Lipinski definition) is 4. The second-order valence-corrected chi connectivity index (χ2v) is 10.2. The fourth-order valence-electron chi connectivity index (χ4n) is 3.49. The lowest BCUT2D eigenvalue weighted by molar-refractivity contribution is -0.138. The summed E-state index contributed by atoms with van der Waals surface area (Å²) in [6.07, 6.45) is 2.92. The Bertz CT molecular complexity index is 1410. The Hall–Kier alpha value is -3.74. The van der Waals surface area contributed by atoms with Crippen molar-refractivity contribution in [3.05, 3.63) is 82.3 Å². The molecule has 198 valence electrons. The van der Waals surface area contributed by atoms with Gasteiger partial charge in [-0.1, -0.05) is 37.3 Å². The third kappa shape index (κ3) is 7.87. The number of carboxylic acids is 1. The van der Waals surface area contributed by atoms with Gasteiger partial charge in [-0.15, -0.1) is 0 Å². The van der Waals surface area contributed by atoms with E-state index in [1.807, 2.05) is 6.92 Å². The number of ether oxygens (including phenoxy) is 1. The summed E-state index contributed by atoms with van der Waals surface area (Å²) in [5, 5.41) is 11.8. The van der Waals surface area contributed by atoms with E-state index < -0.39 is 45.8 Å².